The summed E-state index contributed by atoms with van der Waals surface area (Å²) < 4.78 is 0. The first-order valence-electron chi connectivity index (χ1n) is 10.9. The number of thiophene rings is 1. The summed E-state index contributed by atoms with van der Waals surface area (Å²) in [4.78, 5) is 13.9. The van der Waals surface area contributed by atoms with E-state index in [9.17, 15) is 0 Å². The Morgan fingerprint density at radius 3 is 2.73 bits per heavy atom. The number of nitrogens with zero attached hydrogens (tertiary/aromatic N) is 3. The fourth-order valence-electron chi connectivity index (χ4n) is 4.20. The van der Waals surface area contributed by atoms with Crippen LogP contribution in [-0.2, 0) is 0 Å². The molecule has 7 heteroatoms. The van der Waals surface area contributed by atoms with Crippen molar-refractivity contribution >= 4 is 38.8 Å². The molecule has 0 bridgehead atoms. The molecule has 0 radical (unpaired) electrons. The van der Waals surface area contributed by atoms with E-state index in [0.717, 1.165) is 44.8 Å². The molecule has 162 valence electrons. The van der Waals surface area contributed by atoms with Crippen molar-refractivity contribution < 1.29 is 0 Å². The SMILES string of the molecule is CC(C)Nc1cncc(-c2cc3c(-c4cc5c(-c6cccs6)cccc5[nH]4)n[nH]c3cn2)c1. The van der Waals surface area contributed by atoms with Gasteiger partial charge in [0.05, 0.1) is 28.8 Å². The van der Waals surface area contributed by atoms with E-state index in [1.165, 1.54) is 15.8 Å². The summed E-state index contributed by atoms with van der Waals surface area (Å²) in [5.74, 6) is 0. The lowest BCUT2D eigenvalue weighted by atomic mass is 10.1. The van der Waals surface area contributed by atoms with Crippen LogP contribution < -0.4 is 5.32 Å². The predicted octanol–water partition coefficient (Wildman–Crippen LogP) is 6.72. The van der Waals surface area contributed by atoms with Crippen LogP contribution in [0, 0.1) is 0 Å². The zero-order valence-corrected chi connectivity index (χ0v) is 19.1. The van der Waals surface area contributed by atoms with E-state index in [1.807, 2.05) is 18.6 Å². The van der Waals surface area contributed by atoms with Crippen molar-refractivity contribution in [2.45, 2.75) is 19.9 Å². The molecule has 0 spiro atoms. The number of aromatic amines is 2. The van der Waals surface area contributed by atoms with E-state index >= 15 is 0 Å². The quantitative estimate of drug-likeness (QED) is 0.272. The Morgan fingerprint density at radius 2 is 1.88 bits per heavy atom. The third-order valence-electron chi connectivity index (χ3n) is 5.64. The molecular weight excluding hydrogens is 428 g/mol. The smallest absolute Gasteiger partial charge is 0.116 e. The van der Waals surface area contributed by atoms with Gasteiger partial charge in [-0.15, -0.1) is 11.3 Å². The van der Waals surface area contributed by atoms with Gasteiger partial charge in [0, 0.05) is 50.7 Å². The number of hydrogen-bond acceptors (Lipinski definition) is 5. The summed E-state index contributed by atoms with van der Waals surface area (Å²) in [5, 5.41) is 15.5. The molecule has 5 aromatic heterocycles. The van der Waals surface area contributed by atoms with Crippen LogP contribution in [0.25, 0.3) is 54.9 Å². The lowest BCUT2D eigenvalue weighted by Gasteiger charge is -2.10. The normalized spacial score (nSPS) is 11.6. The fourth-order valence-corrected chi connectivity index (χ4v) is 4.97. The Kier molecular flexibility index (Phi) is 4.69. The summed E-state index contributed by atoms with van der Waals surface area (Å²) in [7, 11) is 0. The van der Waals surface area contributed by atoms with Gasteiger partial charge in [0.25, 0.3) is 0 Å². The number of hydrogen-bond donors (Lipinski definition) is 3. The summed E-state index contributed by atoms with van der Waals surface area (Å²) >= 11 is 1.75. The minimum absolute atomic E-state index is 0.332. The first kappa shape index (κ1) is 19.7. The number of nitrogens with one attached hydrogen (secondary N) is 3. The van der Waals surface area contributed by atoms with Crippen molar-refractivity contribution in [2.24, 2.45) is 0 Å². The highest BCUT2D eigenvalue weighted by Crippen LogP contribution is 2.36. The van der Waals surface area contributed by atoms with E-state index in [0.29, 0.717) is 6.04 Å². The highest BCUT2D eigenvalue weighted by atomic mass is 32.1. The van der Waals surface area contributed by atoms with Crippen LogP contribution in [0.4, 0.5) is 5.69 Å². The molecule has 1 aromatic carbocycles. The van der Waals surface area contributed by atoms with Crippen LogP contribution in [-0.4, -0.2) is 31.2 Å². The van der Waals surface area contributed by atoms with Crippen molar-refractivity contribution in [3.8, 4) is 33.1 Å². The predicted molar refractivity (Wildman–Crippen MR) is 136 cm³/mol. The van der Waals surface area contributed by atoms with Crippen LogP contribution in [0.2, 0.25) is 0 Å². The molecule has 0 atom stereocenters. The molecule has 0 amide bonds. The second-order valence-electron chi connectivity index (χ2n) is 8.38. The lowest BCUT2D eigenvalue weighted by molar-refractivity contribution is 0.898. The van der Waals surface area contributed by atoms with Crippen LogP contribution >= 0.6 is 11.3 Å². The molecule has 0 aliphatic rings. The Bertz CT molecular complexity index is 1580. The molecule has 0 saturated carbocycles. The highest BCUT2D eigenvalue weighted by Gasteiger charge is 2.15. The molecule has 6 rings (SSSR count). The van der Waals surface area contributed by atoms with Gasteiger partial charge in [-0.3, -0.25) is 15.1 Å². The average Bonchev–Trinajstić information content (AvgIpc) is 3.57. The zero-order chi connectivity index (χ0) is 22.4. The number of pyridine rings is 2. The minimum atomic E-state index is 0.332. The first-order valence-corrected chi connectivity index (χ1v) is 11.8. The summed E-state index contributed by atoms with van der Waals surface area (Å²) in [5.41, 5.74) is 7.89. The Balaban J connectivity index is 1.45. The van der Waals surface area contributed by atoms with Gasteiger partial charge < -0.3 is 10.3 Å². The van der Waals surface area contributed by atoms with E-state index in [2.05, 4.69) is 98.2 Å². The van der Waals surface area contributed by atoms with Crippen LogP contribution in [0.1, 0.15) is 13.8 Å². The first-order chi connectivity index (χ1) is 16.2. The van der Waals surface area contributed by atoms with Crippen LogP contribution in [0.5, 0.6) is 0 Å². The number of rotatable bonds is 5. The second kappa shape index (κ2) is 7.86. The number of benzene rings is 1. The number of H-pyrrole nitrogens is 2. The molecule has 0 unspecified atom stereocenters. The molecule has 0 aliphatic heterocycles. The van der Waals surface area contributed by atoms with Crippen LogP contribution in [0.3, 0.4) is 0 Å². The molecule has 33 heavy (non-hydrogen) atoms. The minimum Gasteiger partial charge on any atom is -0.382 e. The molecule has 0 saturated heterocycles. The summed E-state index contributed by atoms with van der Waals surface area (Å²) in [6, 6.07) is 17.3. The van der Waals surface area contributed by atoms with Crippen molar-refractivity contribution in [1.29, 1.82) is 0 Å². The molecular formula is C26H22N6S. The van der Waals surface area contributed by atoms with Crippen molar-refractivity contribution in [1.82, 2.24) is 25.1 Å². The van der Waals surface area contributed by atoms with E-state index in [4.69, 9.17) is 0 Å². The largest absolute Gasteiger partial charge is 0.382 e. The van der Waals surface area contributed by atoms with E-state index < -0.39 is 0 Å². The zero-order valence-electron chi connectivity index (χ0n) is 18.3. The van der Waals surface area contributed by atoms with Gasteiger partial charge in [0.1, 0.15) is 5.69 Å². The fraction of sp³-hybridized carbons (Fsp3) is 0.115. The van der Waals surface area contributed by atoms with Gasteiger partial charge in [0.15, 0.2) is 0 Å². The number of fused-ring (bicyclic) bond motifs is 2. The summed E-state index contributed by atoms with van der Waals surface area (Å²) in [6.07, 6.45) is 5.51. The molecule has 6 aromatic rings. The Labute approximate surface area is 194 Å². The Morgan fingerprint density at radius 1 is 0.939 bits per heavy atom. The second-order valence-corrected chi connectivity index (χ2v) is 9.32. The Hall–Kier alpha value is -3.97. The maximum Gasteiger partial charge on any atom is 0.116 e. The maximum atomic E-state index is 4.65. The van der Waals surface area contributed by atoms with Gasteiger partial charge in [-0.25, -0.2) is 0 Å². The van der Waals surface area contributed by atoms with Gasteiger partial charge in [-0.05, 0) is 49.6 Å². The number of aromatic nitrogens is 5. The maximum absolute atomic E-state index is 4.65. The van der Waals surface area contributed by atoms with Gasteiger partial charge in [-0.1, -0.05) is 18.2 Å². The molecule has 0 aliphatic carbocycles. The lowest BCUT2D eigenvalue weighted by Crippen LogP contribution is -2.09. The van der Waals surface area contributed by atoms with Crippen molar-refractivity contribution in [3.63, 3.8) is 0 Å². The summed E-state index contributed by atoms with van der Waals surface area (Å²) in [6.45, 7) is 4.22. The van der Waals surface area contributed by atoms with Crippen molar-refractivity contribution in [2.75, 3.05) is 5.32 Å². The van der Waals surface area contributed by atoms with E-state index in [1.54, 1.807) is 11.3 Å². The topological polar surface area (TPSA) is 82.3 Å². The highest BCUT2D eigenvalue weighted by molar-refractivity contribution is 7.13. The molecule has 5 heterocycles. The molecule has 6 nitrogen and oxygen atoms in total. The van der Waals surface area contributed by atoms with Gasteiger partial charge in [-0.2, -0.15) is 5.10 Å². The standard InChI is InChI=1S/C26H22N6S/c1-15(2)29-17-9-16(12-27-13-17)22-11-20-24(14-28-22)31-32-26(20)23-10-19-18(25-7-4-8-33-25)5-3-6-21(19)30-23/h3-15,29-30H,1-2H3,(H,31,32). The average molecular weight is 451 g/mol. The van der Waals surface area contributed by atoms with Crippen LogP contribution in [0.15, 0.2) is 72.5 Å². The monoisotopic (exact) mass is 450 g/mol. The molecule has 0 fully saturated rings. The van der Waals surface area contributed by atoms with E-state index in [-0.39, 0.29) is 0 Å². The third kappa shape index (κ3) is 3.56. The van der Waals surface area contributed by atoms with Crippen molar-refractivity contribution in [3.05, 3.63) is 72.5 Å². The third-order valence-corrected chi connectivity index (χ3v) is 6.55. The molecule has 3 N–H and O–H groups in total. The van der Waals surface area contributed by atoms with Gasteiger partial charge >= 0.3 is 0 Å². The van der Waals surface area contributed by atoms with Gasteiger partial charge in [0.2, 0.25) is 0 Å². The number of anilines is 1.